The number of nitrogens with zero attached hydrogens (tertiary/aromatic N) is 2. The van der Waals surface area contributed by atoms with Gasteiger partial charge in [0, 0.05) is 24.0 Å². The van der Waals surface area contributed by atoms with Crippen LogP contribution < -0.4 is 0 Å². The van der Waals surface area contributed by atoms with E-state index in [2.05, 4.69) is 6.58 Å². The van der Waals surface area contributed by atoms with E-state index in [4.69, 9.17) is 4.74 Å². The fourth-order valence-corrected chi connectivity index (χ4v) is 5.42. The molecule has 34 heavy (non-hydrogen) atoms. The van der Waals surface area contributed by atoms with E-state index in [-0.39, 0.29) is 46.9 Å². The van der Waals surface area contributed by atoms with E-state index in [0.717, 1.165) is 9.21 Å². The van der Waals surface area contributed by atoms with Crippen molar-refractivity contribution in [1.29, 1.82) is 0 Å². The third kappa shape index (κ3) is 4.03. The average molecular weight is 480 g/mol. The van der Waals surface area contributed by atoms with E-state index in [1.807, 2.05) is 0 Å². The minimum atomic E-state index is -4.18. The number of benzene rings is 2. The van der Waals surface area contributed by atoms with E-state index >= 15 is 0 Å². The Hall–Kier alpha value is -4.05. The second-order valence-corrected chi connectivity index (χ2v) is 9.37. The van der Waals surface area contributed by atoms with Gasteiger partial charge in [-0.2, -0.15) is 0 Å². The van der Waals surface area contributed by atoms with Crippen LogP contribution in [0.2, 0.25) is 0 Å². The molecule has 0 bridgehead atoms. The lowest BCUT2D eigenvalue weighted by Crippen LogP contribution is -2.40. The van der Waals surface area contributed by atoms with Gasteiger partial charge in [0.1, 0.15) is 12.2 Å². The fourth-order valence-electron chi connectivity index (χ4n) is 3.79. The van der Waals surface area contributed by atoms with Crippen LogP contribution in [0.15, 0.2) is 77.8 Å². The van der Waals surface area contributed by atoms with Gasteiger partial charge in [-0.15, -0.1) is 6.58 Å². The lowest BCUT2D eigenvalue weighted by molar-refractivity contribution is -0.148. The van der Waals surface area contributed by atoms with Crippen LogP contribution in [0.3, 0.4) is 0 Å². The second-order valence-electron chi connectivity index (χ2n) is 7.54. The molecule has 0 aliphatic carbocycles. The molecule has 2 aromatic carbocycles. The number of rotatable bonds is 7. The number of fused-ring (bicyclic) bond motifs is 1. The first kappa shape index (κ1) is 23.1. The molecule has 10 heteroatoms. The van der Waals surface area contributed by atoms with Crippen molar-refractivity contribution in [3.63, 3.8) is 0 Å². The minimum Gasteiger partial charge on any atom is -0.422 e. The number of hydrogen-bond donors (Lipinski definition) is 0. The Morgan fingerprint density at radius 1 is 0.971 bits per heavy atom. The number of likely N-dealkylation sites (tertiary alicyclic amines) is 1. The van der Waals surface area contributed by atoms with Crippen molar-refractivity contribution >= 4 is 39.3 Å². The maximum atomic E-state index is 13.5. The standard InChI is InChI=1S/C24H20N2O7S/c1-2-14-26-22(23(30)16-8-4-3-5-9-16)24(17-10-6-7-11-18(17)34(26,31)32)33-21(29)15-25-19(27)12-13-20(25)28/h2-11H,1,12-15H2. The molecule has 0 saturated carbocycles. The van der Waals surface area contributed by atoms with Gasteiger partial charge in [-0.3, -0.25) is 23.6 Å². The van der Waals surface area contributed by atoms with Gasteiger partial charge in [-0.05, 0) is 12.1 Å². The Morgan fingerprint density at radius 2 is 1.59 bits per heavy atom. The number of hydrogen-bond acceptors (Lipinski definition) is 7. The number of allylic oxidation sites excluding steroid dienone is 1. The van der Waals surface area contributed by atoms with Crippen molar-refractivity contribution in [3.8, 4) is 0 Å². The molecule has 0 unspecified atom stereocenters. The zero-order valence-corrected chi connectivity index (χ0v) is 18.8. The summed E-state index contributed by atoms with van der Waals surface area (Å²) in [5, 5.41) is 0. The third-order valence-corrected chi connectivity index (χ3v) is 7.19. The van der Waals surface area contributed by atoms with Crippen LogP contribution in [0.1, 0.15) is 28.8 Å². The molecule has 0 atom stereocenters. The van der Waals surface area contributed by atoms with E-state index < -0.39 is 40.1 Å². The second kappa shape index (κ2) is 9.06. The van der Waals surface area contributed by atoms with Gasteiger partial charge in [-0.25, -0.2) is 13.2 Å². The molecule has 1 fully saturated rings. The fraction of sp³-hybridized carbons (Fsp3) is 0.167. The molecule has 2 heterocycles. The summed E-state index contributed by atoms with van der Waals surface area (Å²) in [4.78, 5) is 50.8. The highest BCUT2D eigenvalue weighted by molar-refractivity contribution is 7.89. The van der Waals surface area contributed by atoms with Gasteiger partial charge in [0.2, 0.25) is 17.6 Å². The Morgan fingerprint density at radius 3 is 2.24 bits per heavy atom. The Kier molecular flexibility index (Phi) is 6.16. The quantitative estimate of drug-likeness (QED) is 0.258. The number of carbonyl (C=O) groups excluding carboxylic acids is 4. The third-order valence-electron chi connectivity index (χ3n) is 5.37. The predicted molar refractivity (Wildman–Crippen MR) is 120 cm³/mol. The van der Waals surface area contributed by atoms with Gasteiger partial charge in [-0.1, -0.05) is 48.5 Å². The van der Waals surface area contributed by atoms with Crippen molar-refractivity contribution < 1.29 is 32.3 Å². The smallest absolute Gasteiger partial charge is 0.331 e. The van der Waals surface area contributed by atoms with Crippen LogP contribution in [0, 0.1) is 0 Å². The molecule has 2 aromatic rings. The molecule has 0 aromatic heterocycles. The van der Waals surface area contributed by atoms with E-state index in [1.54, 1.807) is 24.3 Å². The van der Waals surface area contributed by atoms with Crippen molar-refractivity contribution in [1.82, 2.24) is 9.21 Å². The Balaban J connectivity index is 1.86. The molecule has 2 aliphatic heterocycles. The van der Waals surface area contributed by atoms with Gasteiger partial charge in [0.25, 0.3) is 10.0 Å². The molecule has 0 N–H and O–H groups in total. The van der Waals surface area contributed by atoms with Crippen molar-refractivity contribution in [3.05, 3.63) is 84.1 Å². The summed E-state index contributed by atoms with van der Waals surface area (Å²) in [7, 11) is -4.18. The Bertz CT molecular complexity index is 1330. The minimum absolute atomic E-state index is 0.000737. The lowest BCUT2D eigenvalue weighted by Gasteiger charge is -2.32. The molecule has 0 radical (unpaired) electrons. The predicted octanol–water partition coefficient (Wildman–Crippen LogP) is 2.12. The number of Topliss-reactive ketones (excluding diaryl/α,β-unsaturated/α-hetero) is 1. The highest BCUT2D eigenvalue weighted by Gasteiger charge is 2.41. The van der Waals surface area contributed by atoms with Crippen molar-refractivity contribution in [2.24, 2.45) is 0 Å². The van der Waals surface area contributed by atoms with Gasteiger partial charge < -0.3 is 4.74 Å². The maximum absolute atomic E-state index is 13.5. The summed E-state index contributed by atoms with van der Waals surface area (Å²) in [5.74, 6) is -2.95. The van der Waals surface area contributed by atoms with Crippen LogP contribution in [-0.2, 0) is 29.1 Å². The summed E-state index contributed by atoms with van der Waals surface area (Å²) in [6, 6.07) is 13.8. The van der Waals surface area contributed by atoms with Crippen LogP contribution in [0.5, 0.6) is 0 Å². The van der Waals surface area contributed by atoms with Crippen molar-refractivity contribution in [2.45, 2.75) is 17.7 Å². The van der Waals surface area contributed by atoms with E-state index in [1.165, 1.54) is 36.4 Å². The van der Waals surface area contributed by atoms with E-state index in [9.17, 15) is 27.6 Å². The molecular formula is C24H20N2O7S. The molecule has 0 spiro atoms. The largest absolute Gasteiger partial charge is 0.422 e. The monoisotopic (exact) mass is 480 g/mol. The number of amides is 2. The molecule has 2 aliphatic rings. The highest BCUT2D eigenvalue weighted by atomic mass is 32.2. The number of ether oxygens (including phenoxy) is 1. The average Bonchev–Trinajstić information content (AvgIpc) is 3.14. The summed E-state index contributed by atoms with van der Waals surface area (Å²) in [6.07, 6.45) is 1.31. The zero-order chi connectivity index (χ0) is 24.5. The topological polar surface area (TPSA) is 118 Å². The van der Waals surface area contributed by atoms with Gasteiger partial charge in [0.05, 0.1) is 11.4 Å². The number of ketones is 1. The summed E-state index contributed by atoms with van der Waals surface area (Å²) in [6.45, 7) is 2.68. The normalized spacial score (nSPS) is 16.9. The molecule has 9 nitrogen and oxygen atoms in total. The van der Waals surface area contributed by atoms with E-state index in [0.29, 0.717) is 0 Å². The van der Waals surface area contributed by atoms with Crippen LogP contribution in [0.4, 0.5) is 0 Å². The molecule has 174 valence electrons. The number of carbonyl (C=O) groups is 4. The lowest BCUT2D eigenvalue weighted by atomic mass is 10.0. The summed E-state index contributed by atoms with van der Waals surface area (Å²) in [5.41, 5.74) is -0.161. The first-order chi connectivity index (χ1) is 16.3. The SMILES string of the molecule is C=CCN1C(C(=O)c2ccccc2)=C(OC(=O)CN2C(=O)CCC2=O)c2ccccc2S1(=O)=O. The first-order valence-electron chi connectivity index (χ1n) is 10.4. The van der Waals surface area contributed by atoms with Crippen LogP contribution in [0.25, 0.3) is 5.76 Å². The molecular weight excluding hydrogens is 460 g/mol. The number of imide groups is 1. The summed E-state index contributed by atoms with van der Waals surface area (Å²) < 4.78 is 33.2. The molecule has 1 saturated heterocycles. The van der Waals surface area contributed by atoms with Crippen molar-refractivity contribution in [2.75, 3.05) is 13.1 Å². The Labute approximate surface area is 196 Å². The van der Waals surface area contributed by atoms with Crippen LogP contribution >= 0.6 is 0 Å². The molecule has 2 amide bonds. The summed E-state index contributed by atoms with van der Waals surface area (Å²) >= 11 is 0. The van der Waals surface area contributed by atoms with Gasteiger partial charge >= 0.3 is 5.97 Å². The maximum Gasteiger partial charge on any atom is 0.331 e. The number of esters is 1. The zero-order valence-electron chi connectivity index (χ0n) is 18.0. The first-order valence-corrected chi connectivity index (χ1v) is 11.8. The van der Waals surface area contributed by atoms with Crippen LogP contribution in [-0.4, -0.2) is 54.3 Å². The highest BCUT2D eigenvalue weighted by Crippen LogP contribution is 2.38. The number of sulfonamides is 1. The molecule has 4 rings (SSSR count). The van der Waals surface area contributed by atoms with Gasteiger partial charge in [0.15, 0.2) is 5.76 Å².